The second kappa shape index (κ2) is 2.85. The number of ketones is 1. The molecule has 0 aliphatic carbocycles. The molecule has 0 amide bonds. The molecule has 2 aromatic rings. The first kappa shape index (κ1) is 8.26. The topological polar surface area (TPSA) is 43.1 Å². The quantitative estimate of drug-likeness (QED) is 0.657. The molecule has 0 saturated carbocycles. The number of benzene rings is 1. The van der Waals surface area contributed by atoms with Crippen molar-refractivity contribution < 1.29 is 9.32 Å². The van der Waals surface area contributed by atoms with E-state index in [1.54, 1.807) is 18.2 Å². The summed E-state index contributed by atoms with van der Waals surface area (Å²) in [6, 6.07) is 5.06. The Kier molecular flexibility index (Phi) is 1.81. The molecule has 0 unspecified atom stereocenters. The highest BCUT2D eigenvalue weighted by Crippen LogP contribution is 2.22. The first-order valence-corrected chi connectivity index (χ1v) is 4.12. The van der Waals surface area contributed by atoms with Crippen molar-refractivity contribution in [3.05, 3.63) is 28.9 Å². The molecule has 4 heteroatoms. The zero-order chi connectivity index (χ0) is 9.42. The van der Waals surface area contributed by atoms with E-state index >= 15 is 0 Å². The summed E-state index contributed by atoms with van der Waals surface area (Å²) in [6.45, 7) is 1.44. The minimum atomic E-state index is -0.124. The lowest BCUT2D eigenvalue weighted by Crippen LogP contribution is -1.91. The second-order valence-corrected chi connectivity index (χ2v) is 3.16. The van der Waals surface area contributed by atoms with Gasteiger partial charge in [0.1, 0.15) is 0 Å². The van der Waals surface area contributed by atoms with Crippen molar-refractivity contribution in [2.24, 2.45) is 0 Å². The molecule has 2 rings (SSSR count). The van der Waals surface area contributed by atoms with Gasteiger partial charge in [-0.05, 0) is 18.2 Å². The Morgan fingerprint density at radius 2 is 2.31 bits per heavy atom. The van der Waals surface area contributed by atoms with Gasteiger partial charge in [-0.2, -0.15) is 0 Å². The molecule has 0 aliphatic rings. The van der Waals surface area contributed by atoms with Crippen molar-refractivity contribution in [2.45, 2.75) is 6.92 Å². The average Bonchev–Trinajstić information content (AvgIpc) is 2.46. The van der Waals surface area contributed by atoms with Crippen molar-refractivity contribution in [1.29, 1.82) is 0 Å². The third-order valence-electron chi connectivity index (χ3n) is 1.77. The molecule has 0 fully saturated rings. The maximum atomic E-state index is 11.1. The fourth-order valence-electron chi connectivity index (χ4n) is 1.16. The fraction of sp³-hybridized carbons (Fsp3) is 0.111. The van der Waals surface area contributed by atoms with Gasteiger partial charge in [0.2, 0.25) is 0 Å². The maximum absolute atomic E-state index is 11.1. The Balaban J connectivity index is 2.79. The molecule has 0 atom stereocenters. The zero-order valence-corrected chi connectivity index (χ0v) is 7.63. The van der Waals surface area contributed by atoms with E-state index in [1.165, 1.54) is 6.92 Å². The average molecular weight is 196 g/mol. The van der Waals surface area contributed by atoms with Crippen LogP contribution < -0.4 is 0 Å². The number of nitrogens with zero attached hydrogens (tertiary/aromatic N) is 1. The van der Waals surface area contributed by atoms with Crippen LogP contribution in [-0.2, 0) is 0 Å². The Hall–Kier alpha value is -1.35. The smallest absolute Gasteiger partial charge is 0.182 e. The molecular weight excluding hydrogens is 190 g/mol. The number of carbonyl (C=O) groups is 1. The molecular formula is C9H6ClNO2. The summed E-state index contributed by atoms with van der Waals surface area (Å²) in [5.74, 6) is -0.124. The molecule has 0 N–H and O–H groups in total. The normalized spacial score (nSPS) is 10.6. The van der Waals surface area contributed by atoms with Crippen molar-refractivity contribution >= 4 is 28.4 Å². The molecule has 0 spiro atoms. The van der Waals surface area contributed by atoms with Crippen LogP contribution in [0.2, 0.25) is 5.02 Å². The molecule has 1 aromatic carbocycles. The van der Waals surface area contributed by atoms with E-state index in [9.17, 15) is 4.79 Å². The van der Waals surface area contributed by atoms with Crippen molar-refractivity contribution in [2.75, 3.05) is 0 Å². The van der Waals surface area contributed by atoms with Gasteiger partial charge in [-0.3, -0.25) is 4.79 Å². The van der Waals surface area contributed by atoms with Gasteiger partial charge in [-0.1, -0.05) is 16.8 Å². The maximum Gasteiger partial charge on any atom is 0.182 e. The molecule has 0 saturated heterocycles. The largest absolute Gasteiger partial charge is 0.356 e. The Morgan fingerprint density at radius 1 is 1.54 bits per heavy atom. The van der Waals surface area contributed by atoms with Crippen LogP contribution in [0.25, 0.3) is 11.0 Å². The number of hydrogen-bond donors (Lipinski definition) is 0. The summed E-state index contributed by atoms with van der Waals surface area (Å²) >= 11 is 5.77. The number of aromatic nitrogens is 1. The van der Waals surface area contributed by atoms with Crippen LogP contribution in [-0.4, -0.2) is 10.9 Å². The first-order valence-electron chi connectivity index (χ1n) is 3.74. The number of fused-ring (bicyclic) bond motifs is 1. The molecule has 1 heterocycles. The minimum absolute atomic E-state index is 0.124. The van der Waals surface area contributed by atoms with E-state index in [0.29, 0.717) is 21.7 Å². The molecule has 0 bridgehead atoms. The highest BCUT2D eigenvalue weighted by Gasteiger charge is 2.11. The number of carbonyl (C=O) groups excluding carboxylic acids is 1. The van der Waals surface area contributed by atoms with E-state index < -0.39 is 0 Å². The summed E-state index contributed by atoms with van der Waals surface area (Å²) in [6.07, 6.45) is 0. The standard InChI is InChI=1S/C9H6ClNO2/c1-5(12)9-7-4-6(10)2-3-8(7)13-11-9/h2-4H,1H3. The highest BCUT2D eigenvalue weighted by molar-refractivity contribution is 6.31. The van der Waals surface area contributed by atoms with E-state index in [4.69, 9.17) is 16.1 Å². The molecule has 66 valence electrons. The van der Waals surface area contributed by atoms with Gasteiger partial charge in [0, 0.05) is 11.9 Å². The monoisotopic (exact) mass is 195 g/mol. The second-order valence-electron chi connectivity index (χ2n) is 2.73. The van der Waals surface area contributed by atoms with E-state index in [0.717, 1.165) is 0 Å². The lowest BCUT2D eigenvalue weighted by atomic mass is 10.2. The fourth-order valence-corrected chi connectivity index (χ4v) is 1.34. The number of hydrogen-bond acceptors (Lipinski definition) is 3. The SMILES string of the molecule is CC(=O)c1noc2ccc(Cl)cc12. The molecule has 1 aromatic heterocycles. The van der Waals surface area contributed by atoms with Crippen molar-refractivity contribution in [3.63, 3.8) is 0 Å². The zero-order valence-electron chi connectivity index (χ0n) is 6.87. The van der Waals surface area contributed by atoms with Crippen LogP contribution in [0.1, 0.15) is 17.4 Å². The van der Waals surface area contributed by atoms with Gasteiger partial charge in [0.15, 0.2) is 17.1 Å². The van der Waals surface area contributed by atoms with Crippen LogP contribution in [0.4, 0.5) is 0 Å². The van der Waals surface area contributed by atoms with Crippen LogP contribution in [0.3, 0.4) is 0 Å². The van der Waals surface area contributed by atoms with Gasteiger partial charge in [0.05, 0.1) is 5.39 Å². The Bertz CT molecular complexity index is 475. The van der Waals surface area contributed by atoms with Gasteiger partial charge in [-0.15, -0.1) is 0 Å². The summed E-state index contributed by atoms with van der Waals surface area (Å²) < 4.78 is 4.94. The van der Waals surface area contributed by atoms with Gasteiger partial charge in [-0.25, -0.2) is 0 Å². The summed E-state index contributed by atoms with van der Waals surface area (Å²) in [5.41, 5.74) is 0.909. The van der Waals surface area contributed by atoms with E-state index in [1.807, 2.05) is 0 Å². The van der Waals surface area contributed by atoms with Crippen LogP contribution in [0, 0.1) is 0 Å². The predicted octanol–water partition coefficient (Wildman–Crippen LogP) is 2.68. The van der Waals surface area contributed by atoms with Crippen molar-refractivity contribution in [1.82, 2.24) is 5.16 Å². The van der Waals surface area contributed by atoms with Crippen LogP contribution in [0.15, 0.2) is 22.7 Å². The molecule has 3 nitrogen and oxygen atoms in total. The third-order valence-corrected chi connectivity index (χ3v) is 2.00. The Labute approximate surface area is 79.3 Å². The summed E-state index contributed by atoms with van der Waals surface area (Å²) in [7, 11) is 0. The van der Waals surface area contributed by atoms with E-state index in [-0.39, 0.29) is 5.78 Å². The van der Waals surface area contributed by atoms with Crippen LogP contribution >= 0.6 is 11.6 Å². The molecule has 0 radical (unpaired) electrons. The van der Waals surface area contributed by atoms with E-state index in [2.05, 4.69) is 5.16 Å². The van der Waals surface area contributed by atoms with Crippen LogP contribution in [0.5, 0.6) is 0 Å². The number of Topliss-reactive ketones (excluding diaryl/α,β-unsaturated/α-hetero) is 1. The minimum Gasteiger partial charge on any atom is -0.356 e. The highest BCUT2D eigenvalue weighted by atomic mass is 35.5. The van der Waals surface area contributed by atoms with Crippen molar-refractivity contribution in [3.8, 4) is 0 Å². The molecule has 13 heavy (non-hydrogen) atoms. The number of rotatable bonds is 1. The van der Waals surface area contributed by atoms with Gasteiger partial charge < -0.3 is 4.52 Å². The van der Waals surface area contributed by atoms with Gasteiger partial charge >= 0.3 is 0 Å². The third kappa shape index (κ3) is 1.31. The first-order chi connectivity index (χ1) is 6.18. The lowest BCUT2D eigenvalue weighted by Gasteiger charge is -1.89. The lowest BCUT2D eigenvalue weighted by molar-refractivity contribution is 0.101. The van der Waals surface area contributed by atoms with Gasteiger partial charge in [0.25, 0.3) is 0 Å². The Morgan fingerprint density at radius 3 is 3.00 bits per heavy atom. The molecule has 0 aliphatic heterocycles. The summed E-state index contributed by atoms with van der Waals surface area (Å²) in [4.78, 5) is 11.1. The predicted molar refractivity (Wildman–Crippen MR) is 49.0 cm³/mol. The summed E-state index contributed by atoms with van der Waals surface area (Å²) in [5, 5.41) is 4.89. The number of halogens is 1.